The predicted molar refractivity (Wildman–Crippen MR) is 89.4 cm³/mol. The lowest BCUT2D eigenvalue weighted by atomic mass is 10.0. The quantitative estimate of drug-likeness (QED) is 0.778. The van der Waals surface area contributed by atoms with E-state index in [0.717, 1.165) is 6.07 Å². The van der Waals surface area contributed by atoms with E-state index in [1.807, 2.05) is 0 Å². The van der Waals surface area contributed by atoms with Crippen LogP contribution in [0, 0.1) is 11.6 Å². The minimum atomic E-state index is -3.86. The van der Waals surface area contributed by atoms with Crippen molar-refractivity contribution in [3.63, 3.8) is 0 Å². The van der Waals surface area contributed by atoms with Crippen molar-refractivity contribution < 1.29 is 27.1 Å². The predicted octanol–water partition coefficient (Wildman–Crippen LogP) is 1.66. The average Bonchev–Trinajstić information content (AvgIpc) is 2.54. The molecule has 0 spiro atoms. The van der Waals surface area contributed by atoms with Crippen LogP contribution in [0.3, 0.4) is 0 Å². The fourth-order valence-electron chi connectivity index (χ4n) is 2.25. The normalized spacial score (nSPS) is 11.3. The Kier molecular flexibility index (Phi) is 6.22. The van der Waals surface area contributed by atoms with Gasteiger partial charge in [-0.1, -0.05) is 24.3 Å². The largest absolute Gasteiger partial charge is 0.395 e. The van der Waals surface area contributed by atoms with Gasteiger partial charge >= 0.3 is 0 Å². The zero-order valence-corrected chi connectivity index (χ0v) is 14.0. The summed E-state index contributed by atoms with van der Waals surface area (Å²) in [5, 5.41) is 10.8. The Morgan fingerprint density at radius 3 is 2.44 bits per heavy atom. The second-order valence-electron chi connectivity index (χ2n) is 5.42. The van der Waals surface area contributed by atoms with Gasteiger partial charge in [0, 0.05) is 12.1 Å². The van der Waals surface area contributed by atoms with Crippen molar-refractivity contribution in [1.82, 2.24) is 5.32 Å². The second kappa shape index (κ2) is 8.17. The maximum Gasteiger partial charge on any atom is 0.235 e. The van der Waals surface area contributed by atoms with Crippen molar-refractivity contribution in [2.45, 2.75) is 5.75 Å². The summed E-state index contributed by atoms with van der Waals surface area (Å²) in [4.78, 5) is 11.4. The van der Waals surface area contributed by atoms with Crippen LogP contribution >= 0.6 is 0 Å². The zero-order valence-electron chi connectivity index (χ0n) is 13.2. The summed E-state index contributed by atoms with van der Waals surface area (Å²) in [6, 6.07) is 9.55. The molecule has 0 saturated heterocycles. The summed E-state index contributed by atoms with van der Waals surface area (Å²) in [7, 11) is -3.86. The van der Waals surface area contributed by atoms with Gasteiger partial charge in [-0.2, -0.15) is 0 Å². The fraction of sp³-hybridized carbons (Fsp3) is 0.235. The molecule has 0 radical (unpaired) electrons. The van der Waals surface area contributed by atoms with Gasteiger partial charge in [0.25, 0.3) is 0 Å². The Labute approximate surface area is 144 Å². The zero-order chi connectivity index (χ0) is 18.4. The van der Waals surface area contributed by atoms with Crippen LogP contribution in [0.1, 0.15) is 5.56 Å². The summed E-state index contributed by atoms with van der Waals surface area (Å²) in [5.41, 5.74) is 0.811. The van der Waals surface area contributed by atoms with Gasteiger partial charge in [-0.05, 0) is 29.3 Å². The minimum Gasteiger partial charge on any atom is -0.395 e. The van der Waals surface area contributed by atoms with Crippen molar-refractivity contribution >= 4 is 15.7 Å². The number of hydrogen-bond acceptors (Lipinski definition) is 4. The van der Waals surface area contributed by atoms with Gasteiger partial charge in [-0.25, -0.2) is 17.2 Å². The van der Waals surface area contributed by atoms with Crippen molar-refractivity contribution in [2.24, 2.45) is 0 Å². The summed E-state index contributed by atoms with van der Waals surface area (Å²) >= 11 is 0. The van der Waals surface area contributed by atoms with Gasteiger partial charge in [0.2, 0.25) is 5.91 Å². The van der Waals surface area contributed by atoms with Crippen LogP contribution in [-0.4, -0.2) is 38.3 Å². The summed E-state index contributed by atoms with van der Waals surface area (Å²) in [6.45, 7) is -0.354. The van der Waals surface area contributed by atoms with E-state index in [1.54, 1.807) is 6.07 Å². The molecule has 134 valence electrons. The van der Waals surface area contributed by atoms with Crippen LogP contribution in [0.5, 0.6) is 0 Å². The number of hydrogen-bond donors (Lipinski definition) is 2. The molecule has 0 saturated carbocycles. The van der Waals surface area contributed by atoms with E-state index in [4.69, 9.17) is 5.11 Å². The van der Waals surface area contributed by atoms with Gasteiger partial charge in [-0.3, -0.25) is 4.79 Å². The van der Waals surface area contributed by atoms with Crippen LogP contribution < -0.4 is 5.32 Å². The first-order valence-electron chi connectivity index (χ1n) is 7.43. The van der Waals surface area contributed by atoms with Crippen LogP contribution in [0.4, 0.5) is 8.78 Å². The van der Waals surface area contributed by atoms with Crippen molar-refractivity contribution in [3.05, 3.63) is 59.7 Å². The topological polar surface area (TPSA) is 83.5 Å². The molecule has 2 aromatic carbocycles. The van der Waals surface area contributed by atoms with Crippen LogP contribution in [0.2, 0.25) is 0 Å². The van der Waals surface area contributed by atoms with E-state index < -0.39 is 38.9 Å². The Balaban J connectivity index is 2.14. The highest BCUT2D eigenvalue weighted by molar-refractivity contribution is 7.91. The van der Waals surface area contributed by atoms with Crippen LogP contribution in [0.25, 0.3) is 11.1 Å². The van der Waals surface area contributed by atoms with Gasteiger partial charge in [-0.15, -0.1) is 0 Å². The SMILES string of the molecule is O=C(CS(=O)(=O)Cc1ccc(-c2cccc(F)c2)cc1F)NCCO. The van der Waals surface area contributed by atoms with Crippen molar-refractivity contribution in [2.75, 3.05) is 18.9 Å². The van der Waals surface area contributed by atoms with E-state index >= 15 is 0 Å². The Morgan fingerprint density at radius 1 is 1.08 bits per heavy atom. The molecular formula is C17H17F2NO4S. The fourth-order valence-corrected chi connectivity index (χ4v) is 3.56. The number of carbonyl (C=O) groups excluding carboxylic acids is 1. The number of halogens is 2. The Hall–Kier alpha value is -2.32. The first-order valence-corrected chi connectivity index (χ1v) is 9.25. The third-order valence-electron chi connectivity index (χ3n) is 3.37. The first-order chi connectivity index (χ1) is 11.8. The summed E-state index contributed by atoms with van der Waals surface area (Å²) < 4.78 is 51.4. The molecule has 0 bridgehead atoms. The third-order valence-corrected chi connectivity index (χ3v) is 4.82. The number of rotatable bonds is 7. The number of sulfone groups is 1. The highest BCUT2D eigenvalue weighted by Gasteiger charge is 2.19. The molecule has 0 aromatic heterocycles. The van der Waals surface area contributed by atoms with Crippen LogP contribution in [0.15, 0.2) is 42.5 Å². The second-order valence-corrected chi connectivity index (χ2v) is 7.49. The number of aliphatic hydroxyl groups excluding tert-OH is 1. The average molecular weight is 369 g/mol. The molecule has 5 nitrogen and oxygen atoms in total. The molecule has 0 aliphatic carbocycles. The number of benzene rings is 2. The van der Waals surface area contributed by atoms with E-state index in [1.165, 1.54) is 30.3 Å². The summed E-state index contributed by atoms with van der Waals surface area (Å²) in [5.74, 6) is -3.39. The Bertz CT molecular complexity index is 869. The highest BCUT2D eigenvalue weighted by atomic mass is 32.2. The highest BCUT2D eigenvalue weighted by Crippen LogP contribution is 2.23. The van der Waals surface area contributed by atoms with Gasteiger partial charge in [0.15, 0.2) is 9.84 Å². The standard InChI is InChI=1S/C17H17F2NO4S/c18-15-3-1-2-12(8-15)13-4-5-14(16(19)9-13)10-25(23,24)11-17(22)20-6-7-21/h1-5,8-9,21H,6-7,10-11H2,(H,20,22). The lowest BCUT2D eigenvalue weighted by Gasteiger charge is -2.08. The molecule has 0 aliphatic heterocycles. The lowest BCUT2D eigenvalue weighted by Crippen LogP contribution is -2.32. The molecule has 2 aromatic rings. The van der Waals surface area contributed by atoms with Gasteiger partial charge in [0.1, 0.15) is 17.4 Å². The third kappa shape index (κ3) is 5.61. The minimum absolute atomic E-state index is 0.0505. The molecule has 0 aliphatic rings. The van der Waals surface area contributed by atoms with E-state index in [0.29, 0.717) is 11.1 Å². The Morgan fingerprint density at radius 2 is 1.80 bits per heavy atom. The van der Waals surface area contributed by atoms with Gasteiger partial charge in [0.05, 0.1) is 12.4 Å². The molecule has 0 fully saturated rings. The molecule has 1 amide bonds. The molecular weight excluding hydrogens is 352 g/mol. The number of aliphatic hydroxyl groups is 1. The lowest BCUT2D eigenvalue weighted by molar-refractivity contribution is -0.118. The maximum atomic E-state index is 14.2. The molecule has 2 N–H and O–H groups in total. The number of amides is 1. The maximum absolute atomic E-state index is 14.2. The molecule has 25 heavy (non-hydrogen) atoms. The molecule has 0 heterocycles. The molecule has 0 unspecified atom stereocenters. The van der Waals surface area contributed by atoms with E-state index in [2.05, 4.69) is 5.32 Å². The monoisotopic (exact) mass is 369 g/mol. The summed E-state index contributed by atoms with van der Waals surface area (Å²) in [6.07, 6.45) is 0. The first kappa shape index (κ1) is 19.0. The van der Waals surface area contributed by atoms with Crippen molar-refractivity contribution in [1.29, 1.82) is 0 Å². The number of nitrogens with one attached hydrogen (secondary N) is 1. The molecule has 8 heteroatoms. The van der Waals surface area contributed by atoms with Gasteiger partial charge < -0.3 is 10.4 Å². The molecule has 2 rings (SSSR count). The smallest absolute Gasteiger partial charge is 0.235 e. The van der Waals surface area contributed by atoms with E-state index in [9.17, 15) is 22.0 Å². The number of carbonyl (C=O) groups is 1. The van der Waals surface area contributed by atoms with Crippen LogP contribution in [-0.2, 0) is 20.4 Å². The van der Waals surface area contributed by atoms with Crippen molar-refractivity contribution in [3.8, 4) is 11.1 Å². The molecule has 0 atom stereocenters. The van der Waals surface area contributed by atoms with E-state index in [-0.39, 0.29) is 18.7 Å².